The Balaban J connectivity index is 2.05. The summed E-state index contributed by atoms with van der Waals surface area (Å²) in [7, 11) is 1.85. The summed E-state index contributed by atoms with van der Waals surface area (Å²) >= 11 is 0. The molecular weight excluding hydrogens is 256 g/mol. The zero-order valence-corrected chi connectivity index (χ0v) is 12.5. The summed E-state index contributed by atoms with van der Waals surface area (Å²) in [6, 6.07) is 2.33. The molecule has 1 saturated heterocycles. The molecule has 0 bridgehead atoms. The van der Waals surface area contributed by atoms with Crippen molar-refractivity contribution in [3.05, 3.63) is 11.9 Å². The summed E-state index contributed by atoms with van der Waals surface area (Å²) in [4.78, 5) is 8.90. The third-order valence-electron chi connectivity index (χ3n) is 3.30. The van der Waals surface area contributed by atoms with Crippen molar-refractivity contribution in [3.8, 4) is 0 Å². The van der Waals surface area contributed by atoms with Crippen molar-refractivity contribution in [1.29, 1.82) is 0 Å². The molecule has 2 unspecified atom stereocenters. The smallest absolute Gasteiger partial charge is 0.158 e. The quantitative estimate of drug-likeness (QED) is 0.831. The number of nitrogens with one attached hydrogen (secondary N) is 2. The Morgan fingerprint density at radius 1 is 1.40 bits per heavy atom. The topological polar surface area (TPSA) is 68.3 Å². The second-order valence-corrected chi connectivity index (χ2v) is 4.99. The van der Waals surface area contributed by atoms with E-state index in [1.807, 2.05) is 20.0 Å². The lowest BCUT2D eigenvalue weighted by Crippen LogP contribution is -2.32. The van der Waals surface area contributed by atoms with Crippen LogP contribution in [0.25, 0.3) is 0 Å². The summed E-state index contributed by atoms with van der Waals surface area (Å²) in [5.74, 6) is 2.34. The third kappa shape index (κ3) is 4.31. The average Bonchev–Trinajstić information content (AvgIpc) is 2.45. The summed E-state index contributed by atoms with van der Waals surface area (Å²) in [5.41, 5.74) is 0. The predicted molar refractivity (Wildman–Crippen MR) is 79.0 cm³/mol. The van der Waals surface area contributed by atoms with Gasteiger partial charge in [0, 0.05) is 32.4 Å². The molecule has 2 rings (SSSR count). The number of hydrogen-bond donors (Lipinski definition) is 2. The van der Waals surface area contributed by atoms with Crippen LogP contribution in [0.3, 0.4) is 0 Å². The van der Waals surface area contributed by atoms with Crippen molar-refractivity contribution < 1.29 is 9.47 Å². The van der Waals surface area contributed by atoms with Gasteiger partial charge in [0.25, 0.3) is 0 Å². The van der Waals surface area contributed by atoms with Crippen molar-refractivity contribution in [2.45, 2.75) is 45.4 Å². The van der Waals surface area contributed by atoms with Crippen molar-refractivity contribution in [2.24, 2.45) is 0 Å². The van der Waals surface area contributed by atoms with Crippen molar-refractivity contribution in [3.63, 3.8) is 0 Å². The van der Waals surface area contributed by atoms with Gasteiger partial charge in [0.1, 0.15) is 18.2 Å². The fourth-order valence-corrected chi connectivity index (χ4v) is 2.30. The van der Waals surface area contributed by atoms with Gasteiger partial charge in [-0.25, -0.2) is 9.97 Å². The van der Waals surface area contributed by atoms with Gasteiger partial charge in [-0.15, -0.1) is 0 Å². The van der Waals surface area contributed by atoms with Crippen molar-refractivity contribution >= 4 is 11.6 Å². The molecule has 6 nitrogen and oxygen atoms in total. The maximum Gasteiger partial charge on any atom is 0.158 e. The van der Waals surface area contributed by atoms with E-state index in [4.69, 9.17) is 9.47 Å². The first kappa shape index (κ1) is 15.0. The van der Waals surface area contributed by atoms with Crippen LogP contribution in [-0.2, 0) is 16.1 Å². The molecule has 2 atom stereocenters. The Hall–Kier alpha value is -1.40. The Morgan fingerprint density at radius 2 is 2.20 bits per heavy atom. The zero-order valence-electron chi connectivity index (χ0n) is 12.5. The van der Waals surface area contributed by atoms with Crippen LogP contribution in [0, 0.1) is 0 Å². The highest BCUT2D eigenvalue weighted by molar-refractivity contribution is 5.47. The van der Waals surface area contributed by atoms with Crippen LogP contribution in [0.2, 0.25) is 0 Å². The van der Waals surface area contributed by atoms with Gasteiger partial charge in [0.2, 0.25) is 0 Å². The Labute approximate surface area is 120 Å². The van der Waals surface area contributed by atoms with Crippen LogP contribution < -0.4 is 10.6 Å². The number of anilines is 2. The molecule has 1 aliphatic rings. The Bertz CT molecular complexity index is 428. The van der Waals surface area contributed by atoms with Gasteiger partial charge >= 0.3 is 0 Å². The molecule has 1 aromatic heterocycles. The van der Waals surface area contributed by atoms with Crippen LogP contribution >= 0.6 is 0 Å². The molecule has 0 aliphatic carbocycles. The molecular formula is C14H24N4O2. The second kappa shape index (κ2) is 7.40. The van der Waals surface area contributed by atoms with Gasteiger partial charge in [-0.05, 0) is 26.7 Å². The van der Waals surface area contributed by atoms with Gasteiger partial charge in [0.15, 0.2) is 5.82 Å². The molecule has 2 heterocycles. The van der Waals surface area contributed by atoms with Gasteiger partial charge in [-0.3, -0.25) is 0 Å². The van der Waals surface area contributed by atoms with Gasteiger partial charge in [0.05, 0.1) is 6.10 Å². The standard InChI is InChI=1S/C14H24N4O2/c1-4-19-9-14-17-12(15-3)8-13(18-14)16-11-5-6-20-10(2)7-11/h8,10-11H,4-7,9H2,1-3H3,(H2,15,16,17,18). The summed E-state index contributed by atoms with van der Waals surface area (Å²) < 4.78 is 10.9. The number of hydrogen-bond acceptors (Lipinski definition) is 6. The van der Waals surface area contributed by atoms with Crippen LogP contribution in [0.5, 0.6) is 0 Å². The zero-order chi connectivity index (χ0) is 14.4. The lowest BCUT2D eigenvalue weighted by Gasteiger charge is -2.28. The molecule has 0 amide bonds. The van der Waals surface area contributed by atoms with Crippen LogP contribution in [0.1, 0.15) is 32.5 Å². The molecule has 1 aliphatic heterocycles. The van der Waals surface area contributed by atoms with Crippen molar-refractivity contribution in [2.75, 3.05) is 30.9 Å². The second-order valence-electron chi connectivity index (χ2n) is 4.99. The van der Waals surface area contributed by atoms with Crippen LogP contribution in [0.15, 0.2) is 6.07 Å². The van der Waals surface area contributed by atoms with E-state index in [0.29, 0.717) is 31.2 Å². The summed E-state index contributed by atoms with van der Waals surface area (Å²) in [6.07, 6.45) is 2.30. The highest BCUT2D eigenvalue weighted by Crippen LogP contribution is 2.19. The molecule has 20 heavy (non-hydrogen) atoms. The fraction of sp³-hybridized carbons (Fsp3) is 0.714. The molecule has 0 spiro atoms. The maximum absolute atomic E-state index is 5.56. The van der Waals surface area contributed by atoms with E-state index in [9.17, 15) is 0 Å². The normalized spacial score (nSPS) is 22.6. The minimum atomic E-state index is 0.301. The van der Waals surface area contributed by atoms with E-state index in [2.05, 4.69) is 27.5 Å². The SMILES string of the molecule is CCOCc1nc(NC)cc(NC2CCOC(C)C2)n1. The largest absolute Gasteiger partial charge is 0.378 e. The van der Waals surface area contributed by atoms with Crippen LogP contribution in [0.4, 0.5) is 11.6 Å². The van der Waals surface area contributed by atoms with E-state index in [0.717, 1.165) is 31.1 Å². The fourth-order valence-electron chi connectivity index (χ4n) is 2.30. The number of aromatic nitrogens is 2. The van der Waals surface area contributed by atoms with E-state index in [1.54, 1.807) is 0 Å². The predicted octanol–water partition coefficient (Wildman–Crippen LogP) is 2.03. The molecule has 2 N–H and O–H groups in total. The maximum atomic E-state index is 5.56. The molecule has 1 fully saturated rings. The Morgan fingerprint density at radius 3 is 2.90 bits per heavy atom. The minimum absolute atomic E-state index is 0.301. The van der Waals surface area contributed by atoms with Crippen LogP contribution in [-0.4, -0.2) is 42.4 Å². The average molecular weight is 280 g/mol. The lowest BCUT2D eigenvalue weighted by atomic mass is 10.0. The number of nitrogens with zero attached hydrogens (tertiary/aromatic N) is 2. The molecule has 0 radical (unpaired) electrons. The Kier molecular flexibility index (Phi) is 5.55. The monoisotopic (exact) mass is 280 g/mol. The van der Waals surface area contributed by atoms with E-state index >= 15 is 0 Å². The third-order valence-corrected chi connectivity index (χ3v) is 3.30. The minimum Gasteiger partial charge on any atom is -0.378 e. The van der Waals surface area contributed by atoms with E-state index in [1.165, 1.54) is 0 Å². The summed E-state index contributed by atoms with van der Waals surface area (Å²) in [6.45, 7) is 5.96. The molecule has 6 heteroatoms. The summed E-state index contributed by atoms with van der Waals surface area (Å²) in [5, 5.41) is 6.53. The molecule has 1 aromatic rings. The van der Waals surface area contributed by atoms with Gasteiger partial charge in [-0.2, -0.15) is 0 Å². The van der Waals surface area contributed by atoms with Gasteiger partial charge < -0.3 is 20.1 Å². The highest BCUT2D eigenvalue weighted by atomic mass is 16.5. The molecule has 112 valence electrons. The number of rotatable bonds is 6. The first-order valence-corrected chi connectivity index (χ1v) is 7.22. The molecule has 0 saturated carbocycles. The first-order chi connectivity index (χ1) is 9.71. The lowest BCUT2D eigenvalue weighted by molar-refractivity contribution is 0.0231. The number of ether oxygens (including phenoxy) is 2. The van der Waals surface area contributed by atoms with Crippen molar-refractivity contribution in [1.82, 2.24) is 9.97 Å². The van der Waals surface area contributed by atoms with Gasteiger partial charge in [-0.1, -0.05) is 0 Å². The van der Waals surface area contributed by atoms with E-state index in [-0.39, 0.29) is 0 Å². The molecule has 0 aromatic carbocycles. The van der Waals surface area contributed by atoms with E-state index < -0.39 is 0 Å². The first-order valence-electron chi connectivity index (χ1n) is 7.22. The highest BCUT2D eigenvalue weighted by Gasteiger charge is 2.19.